The Kier molecular flexibility index (Phi) is 4.89. The molecule has 0 amide bonds. The molecule has 1 atom stereocenters. The first kappa shape index (κ1) is 13.6. The Morgan fingerprint density at radius 3 is 2.44 bits per heavy atom. The molecule has 3 nitrogen and oxygen atoms in total. The summed E-state index contributed by atoms with van der Waals surface area (Å²) < 4.78 is 40.2. The molecule has 0 heterocycles. The SMILES string of the molecule is CS(=O)(=O)OCCC(F)c1ccc(Br)cc1. The second-order valence-corrected chi connectivity index (χ2v) is 5.89. The third kappa shape index (κ3) is 5.05. The normalized spacial score (nSPS) is 13.7. The van der Waals surface area contributed by atoms with Gasteiger partial charge in [0.05, 0.1) is 12.9 Å². The Morgan fingerprint density at radius 1 is 1.38 bits per heavy atom. The van der Waals surface area contributed by atoms with Gasteiger partial charge in [-0.05, 0) is 17.7 Å². The largest absolute Gasteiger partial charge is 0.270 e. The molecule has 1 unspecified atom stereocenters. The second kappa shape index (κ2) is 5.75. The van der Waals surface area contributed by atoms with Crippen LogP contribution in [0.1, 0.15) is 18.2 Å². The molecule has 6 heteroatoms. The molecular weight excluding hydrogens is 299 g/mol. The average Bonchev–Trinajstić information content (AvgIpc) is 2.16. The standard InChI is InChI=1S/C10H12BrFO3S/c1-16(13,14)15-7-6-10(12)8-2-4-9(11)5-3-8/h2-5,10H,6-7H2,1H3. The maximum Gasteiger partial charge on any atom is 0.264 e. The van der Waals surface area contributed by atoms with Crippen LogP contribution in [0.3, 0.4) is 0 Å². The van der Waals surface area contributed by atoms with E-state index in [2.05, 4.69) is 20.1 Å². The average molecular weight is 311 g/mol. The molecule has 0 N–H and O–H groups in total. The molecule has 0 bridgehead atoms. The fourth-order valence-electron chi connectivity index (χ4n) is 1.14. The van der Waals surface area contributed by atoms with E-state index >= 15 is 0 Å². The minimum atomic E-state index is -3.48. The van der Waals surface area contributed by atoms with Crippen LogP contribution in [0, 0.1) is 0 Å². The van der Waals surface area contributed by atoms with E-state index in [-0.39, 0.29) is 13.0 Å². The smallest absolute Gasteiger partial charge is 0.264 e. The summed E-state index contributed by atoms with van der Waals surface area (Å²) in [6.45, 7) is -0.143. The zero-order valence-corrected chi connectivity index (χ0v) is 11.1. The van der Waals surface area contributed by atoms with Crippen molar-refractivity contribution in [3.63, 3.8) is 0 Å². The van der Waals surface area contributed by atoms with Gasteiger partial charge in [0.1, 0.15) is 6.17 Å². The third-order valence-corrected chi connectivity index (χ3v) is 3.02. The van der Waals surface area contributed by atoms with Gasteiger partial charge in [-0.1, -0.05) is 28.1 Å². The first-order valence-electron chi connectivity index (χ1n) is 4.62. The predicted molar refractivity (Wildman–Crippen MR) is 63.4 cm³/mol. The lowest BCUT2D eigenvalue weighted by Gasteiger charge is -2.08. The molecule has 0 aliphatic rings. The molecule has 0 spiro atoms. The first-order chi connectivity index (χ1) is 7.38. The van der Waals surface area contributed by atoms with Crippen molar-refractivity contribution in [1.29, 1.82) is 0 Å². The van der Waals surface area contributed by atoms with E-state index in [0.717, 1.165) is 10.7 Å². The number of benzene rings is 1. The van der Waals surface area contributed by atoms with Gasteiger partial charge in [-0.2, -0.15) is 8.42 Å². The number of rotatable bonds is 5. The van der Waals surface area contributed by atoms with E-state index in [1.807, 2.05) is 0 Å². The monoisotopic (exact) mass is 310 g/mol. The van der Waals surface area contributed by atoms with Crippen molar-refractivity contribution in [2.75, 3.05) is 12.9 Å². The summed E-state index contributed by atoms with van der Waals surface area (Å²) in [6, 6.07) is 6.77. The quantitative estimate of drug-likeness (QED) is 0.785. The lowest BCUT2D eigenvalue weighted by Crippen LogP contribution is -2.06. The predicted octanol–water partition coefficient (Wildman–Crippen LogP) is 2.83. The lowest BCUT2D eigenvalue weighted by molar-refractivity contribution is 0.242. The molecule has 0 aliphatic heterocycles. The highest BCUT2D eigenvalue weighted by Gasteiger charge is 2.11. The van der Waals surface area contributed by atoms with Gasteiger partial charge in [-0.3, -0.25) is 4.18 Å². The molecule has 0 saturated carbocycles. The Bertz CT molecular complexity index is 430. The Hall–Kier alpha value is -0.460. The highest BCUT2D eigenvalue weighted by Crippen LogP contribution is 2.23. The van der Waals surface area contributed by atoms with Crippen LogP contribution in [0.5, 0.6) is 0 Å². The summed E-state index contributed by atoms with van der Waals surface area (Å²) in [5.41, 5.74) is 0.514. The van der Waals surface area contributed by atoms with Gasteiger partial charge < -0.3 is 0 Å². The molecule has 0 radical (unpaired) electrons. The van der Waals surface area contributed by atoms with Gasteiger partial charge in [-0.25, -0.2) is 4.39 Å². The van der Waals surface area contributed by atoms with E-state index in [1.165, 1.54) is 0 Å². The number of alkyl halides is 1. The van der Waals surface area contributed by atoms with Gasteiger partial charge in [0.2, 0.25) is 0 Å². The van der Waals surface area contributed by atoms with Crippen molar-refractivity contribution in [2.24, 2.45) is 0 Å². The zero-order chi connectivity index (χ0) is 12.2. The zero-order valence-electron chi connectivity index (χ0n) is 8.69. The van der Waals surface area contributed by atoms with Crippen LogP contribution in [-0.2, 0) is 14.3 Å². The molecule has 0 aromatic heterocycles. The van der Waals surface area contributed by atoms with Crippen molar-refractivity contribution in [3.05, 3.63) is 34.3 Å². The lowest BCUT2D eigenvalue weighted by atomic mass is 10.1. The molecule has 1 aromatic carbocycles. The molecule has 0 saturated heterocycles. The second-order valence-electron chi connectivity index (χ2n) is 3.33. The highest BCUT2D eigenvalue weighted by atomic mass is 79.9. The minimum Gasteiger partial charge on any atom is -0.270 e. The van der Waals surface area contributed by atoms with Crippen LogP contribution in [0.25, 0.3) is 0 Å². The Labute approximate surface area is 103 Å². The summed E-state index contributed by atoms with van der Waals surface area (Å²) in [6.07, 6.45) is -0.246. The van der Waals surface area contributed by atoms with Crippen LogP contribution in [-0.4, -0.2) is 21.3 Å². The molecule has 0 fully saturated rings. The number of hydrogen-bond donors (Lipinski definition) is 0. The van der Waals surface area contributed by atoms with Crippen molar-refractivity contribution < 1.29 is 17.0 Å². The summed E-state index contributed by atoms with van der Waals surface area (Å²) in [5, 5.41) is 0. The van der Waals surface area contributed by atoms with Crippen LogP contribution in [0.4, 0.5) is 4.39 Å². The summed E-state index contributed by atoms with van der Waals surface area (Å²) >= 11 is 3.25. The van der Waals surface area contributed by atoms with Crippen LogP contribution < -0.4 is 0 Å². The van der Waals surface area contributed by atoms with Crippen molar-refractivity contribution in [3.8, 4) is 0 Å². The van der Waals surface area contributed by atoms with Gasteiger partial charge in [-0.15, -0.1) is 0 Å². The minimum absolute atomic E-state index is 0.0225. The molecule has 0 aliphatic carbocycles. The van der Waals surface area contributed by atoms with Crippen molar-refractivity contribution in [2.45, 2.75) is 12.6 Å². The fourth-order valence-corrected chi connectivity index (χ4v) is 1.80. The van der Waals surface area contributed by atoms with E-state index < -0.39 is 16.3 Å². The fraction of sp³-hybridized carbons (Fsp3) is 0.400. The molecular formula is C10H12BrFO3S. The van der Waals surface area contributed by atoms with Crippen molar-refractivity contribution in [1.82, 2.24) is 0 Å². The Balaban J connectivity index is 2.47. The van der Waals surface area contributed by atoms with E-state index in [0.29, 0.717) is 5.56 Å². The van der Waals surface area contributed by atoms with Gasteiger partial charge in [0.15, 0.2) is 0 Å². The summed E-state index contributed by atoms with van der Waals surface area (Å²) in [5.74, 6) is 0. The maximum atomic E-state index is 13.6. The van der Waals surface area contributed by atoms with Crippen LogP contribution in [0.2, 0.25) is 0 Å². The first-order valence-corrected chi connectivity index (χ1v) is 7.23. The van der Waals surface area contributed by atoms with E-state index in [4.69, 9.17) is 0 Å². The summed E-state index contributed by atoms with van der Waals surface area (Å²) in [7, 11) is -3.48. The number of halogens is 2. The molecule has 1 aromatic rings. The number of hydrogen-bond acceptors (Lipinski definition) is 3. The van der Waals surface area contributed by atoms with Gasteiger partial charge in [0.25, 0.3) is 10.1 Å². The highest BCUT2D eigenvalue weighted by molar-refractivity contribution is 9.10. The van der Waals surface area contributed by atoms with E-state index in [9.17, 15) is 12.8 Å². The van der Waals surface area contributed by atoms with Gasteiger partial charge >= 0.3 is 0 Å². The molecule has 1 rings (SSSR count). The van der Waals surface area contributed by atoms with Gasteiger partial charge in [0, 0.05) is 10.9 Å². The Morgan fingerprint density at radius 2 is 1.94 bits per heavy atom. The van der Waals surface area contributed by atoms with Crippen LogP contribution in [0.15, 0.2) is 28.7 Å². The van der Waals surface area contributed by atoms with Crippen LogP contribution >= 0.6 is 15.9 Å². The molecule has 90 valence electrons. The topological polar surface area (TPSA) is 43.4 Å². The maximum absolute atomic E-state index is 13.6. The molecule has 16 heavy (non-hydrogen) atoms. The van der Waals surface area contributed by atoms with Crippen molar-refractivity contribution >= 4 is 26.0 Å². The van der Waals surface area contributed by atoms with E-state index in [1.54, 1.807) is 24.3 Å². The summed E-state index contributed by atoms with van der Waals surface area (Å²) in [4.78, 5) is 0. The third-order valence-electron chi connectivity index (χ3n) is 1.90.